The highest BCUT2D eigenvalue weighted by Gasteiger charge is 2.44. The summed E-state index contributed by atoms with van der Waals surface area (Å²) in [6.45, 7) is 5.46. The highest BCUT2D eigenvalue weighted by molar-refractivity contribution is 5.96. The SMILES string of the molecule is COc1cccc(C2C(C(=O)OC(C)C)=C(C)NC3=CCCC(=O)C32)c1OC. The van der Waals surface area contributed by atoms with Crippen molar-refractivity contribution in [2.45, 2.75) is 45.6 Å². The molecule has 0 bridgehead atoms. The van der Waals surface area contributed by atoms with E-state index in [-0.39, 0.29) is 11.9 Å². The molecule has 28 heavy (non-hydrogen) atoms. The van der Waals surface area contributed by atoms with Crippen LogP contribution in [0.4, 0.5) is 0 Å². The number of hydrogen-bond donors (Lipinski definition) is 1. The van der Waals surface area contributed by atoms with Gasteiger partial charge in [-0.1, -0.05) is 18.2 Å². The van der Waals surface area contributed by atoms with E-state index in [1.807, 2.05) is 39.0 Å². The average molecular weight is 385 g/mol. The van der Waals surface area contributed by atoms with Crippen LogP contribution in [0.1, 0.15) is 45.1 Å². The van der Waals surface area contributed by atoms with E-state index in [0.29, 0.717) is 35.6 Å². The molecule has 2 atom stereocenters. The lowest BCUT2D eigenvalue weighted by Gasteiger charge is -2.38. The second-order valence-corrected chi connectivity index (χ2v) is 7.32. The van der Waals surface area contributed by atoms with Crippen molar-refractivity contribution in [3.63, 3.8) is 0 Å². The maximum atomic E-state index is 13.0. The molecule has 1 heterocycles. The molecule has 0 amide bonds. The molecular weight excluding hydrogens is 358 g/mol. The molecule has 0 saturated carbocycles. The van der Waals surface area contributed by atoms with Gasteiger partial charge in [0.2, 0.25) is 0 Å². The first-order valence-electron chi connectivity index (χ1n) is 9.51. The molecule has 2 aliphatic rings. The van der Waals surface area contributed by atoms with Gasteiger partial charge in [-0.05, 0) is 33.3 Å². The number of carbonyl (C=O) groups is 2. The zero-order valence-electron chi connectivity index (χ0n) is 17.0. The molecule has 0 saturated heterocycles. The van der Waals surface area contributed by atoms with Crippen LogP contribution in [0.2, 0.25) is 0 Å². The molecule has 1 aromatic carbocycles. The Balaban J connectivity index is 2.23. The van der Waals surface area contributed by atoms with Gasteiger partial charge in [0.25, 0.3) is 0 Å². The van der Waals surface area contributed by atoms with Gasteiger partial charge in [0, 0.05) is 29.3 Å². The first-order chi connectivity index (χ1) is 13.4. The fourth-order valence-electron chi connectivity index (χ4n) is 4.05. The van der Waals surface area contributed by atoms with Gasteiger partial charge in [0.05, 0.1) is 31.8 Å². The summed E-state index contributed by atoms with van der Waals surface area (Å²) in [4.78, 5) is 26.0. The lowest BCUT2D eigenvalue weighted by atomic mass is 9.70. The number of ketones is 1. The zero-order chi connectivity index (χ0) is 20.4. The van der Waals surface area contributed by atoms with E-state index in [9.17, 15) is 9.59 Å². The molecular formula is C22H27NO5. The summed E-state index contributed by atoms with van der Waals surface area (Å²) >= 11 is 0. The molecule has 6 heteroatoms. The molecule has 0 radical (unpaired) electrons. The van der Waals surface area contributed by atoms with Crippen molar-refractivity contribution in [1.29, 1.82) is 0 Å². The Morgan fingerprint density at radius 2 is 1.93 bits per heavy atom. The quantitative estimate of drug-likeness (QED) is 0.783. The maximum Gasteiger partial charge on any atom is 0.336 e. The number of carbonyl (C=O) groups excluding carboxylic acids is 2. The molecule has 1 aliphatic heterocycles. The number of esters is 1. The molecule has 1 N–H and O–H groups in total. The van der Waals surface area contributed by atoms with Crippen LogP contribution in [0.15, 0.2) is 41.2 Å². The van der Waals surface area contributed by atoms with Gasteiger partial charge in [-0.2, -0.15) is 0 Å². The molecule has 6 nitrogen and oxygen atoms in total. The highest BCUT2D eigenvalue weighted by Crippen LogP contribution is 2.48. The minimum Gasteiger partial charge on any atom is -0.493 e. The largest absolute Gasteiger partial charge is 0.493 e. The van der Waals surface area contributed by atoms with E-state index >= 15 is 0 Å². The van der Waals surface area contributed by atoms with Crippen molar-refractivity contribution in [1.82, 2.24) is 5.32 Å². The molecule has 150 valence electrons. The van der Waals surface area contributed by atoms with Crippen LogP contribution in [-0.2, 0) is 14.3 Å². The van der Waals surface area contributed by atoms with Crippen LogP contribution in [0.5, 0.6) is 11.5 Å². The lowest BCUT2D eigenvalue weighted by Crippen LogP contribution is -2.41. The van der Waals surface area contributed by atoms with Crippen LogP contribution in [0.25, 0.3) is 0 Å². The zero-order valence-corrected chi connectivity index (χ0v) is 17.0. The molecule has 0 fully saturated rings. The van der Waals surface area contributed by atoms with Gasteiger partial charge in [-0.15, -0.1) is 0 Å². The van der Waals surface area contributed by atoms with Gasteiger partial charge in [0.15, 0.2) is 11.5 Å². The Hall–Kier alpha value is -2.76. The van der Waals surface area contributed by atoms with E-state index in [2.05, 4.69) is 5.32 Å². The lowest BCUT2D eigenvalue weighted by molar-refractivity contribution is -0.143. The number of fused-ring (bicyclic) bond motifs is 1. The van der Waals surface area contributed by atoms with Crippen molar-refractivity contribution in [2.24, 2.45) is 5.92 Å². The van der Waals surface area contributed by atoms with Gasteiger partial charge in [0.1, 0.15) is 5.78 Å². The predicted octanol–water partition coefficient (Wildman–Crippen LogP) is 3.48. The monoisotopic (exact) mass is 385 g/mol. The van der Waals surface area contributed by atoms with E-state index in [1.165, 1.54) is 0 Å². The van der Waals surface area contributed by atoms with Crippen LogP contribution in [-0.4, -0.2) is 32.1 Å². The van der Waals surface area contributed by atoms with Crippen molar-refractivity contribution >= 4 is 11.8 Å². The molecule has 0 spiro atoms. The van der Waals surface area contributed by atoms with Crippen LogP contribution >= 0.6 is 0 Å². The third kappa shape index (κ3) is 3.51. The Morgan fingerprint density at radius 3 is 2.57 bits per heavy atom. The number of nitrogens with one attached hydrogen (secondary N) is 1. The third-order valence-electron chi connectivity index (χ3n) is 5.15. The normalized spacial score (nSPS) is 21.6. The van der Waals surface area contributed by atoms with Crippen molar-refractivity contribution in [3.8, 4) is 11.5 Å². The van der Waals surface area contributed by atoms with Crippen LogP contribution < -0.4 is 14.8 Å². The summed E-state index contributed by atoms with van der Waals surface area (Å²) in [5.74, 6) is -0.224. The smallest absolute Gasteiger partial charge is 0.336 e. The molecule has 1 aromatic rings. The Kier molecular flexibility index (Phi) is 5.77. The molecule has 1 aliphatic carbocycles. The topological polar surface area (TPSA) is 73.9 Å². The molecule has 0 aromatic heterocycles. The number of allylic oxidation sites excluding steroid dienone is 3. The highest BCUT2D eigenvalue weighted by atomic mass is 16.5. The summed E-state index contributed by atoms with van der Waals surface area (Å²) in [5.41, 5.74) is 2.73. The number of para-hydroxylation sites is 1. The van der Waals surface area contributed by atoms with E-state index < -0.39 is 17.8 Å². The van der Waals surface area contributed by atoms with E-state index in [0.717, 1.165) is 11.3 Å². The van der Waals surface area contributed by atoms with Gasteiger partial charge >= 0.3 is 5.97 Å². The van der Waals surface area contributed by atoms with E-state index in [4.69, 9.17) is 14.2 Å². The summed E-state index contributed by atoms with van der Waals surface area (Å²) < 4.78 is 16.6. The standard InChI is InChI=1S/C22H27NO5/c1-12(2)28-22(25)18-13(3)23-15-9-7-10-16(24)20(15)19(18)14-8-6-11-17(26-4)21(14)27-5/h6,8-9,11-12,19-20,23H,7,10H2,1-5H3. The van der Waals surface area contributed by atoms with Crippen molar-refractivity contribution < 1.29 is 23.8 Å². The number of hydrogen-bond acceptors (Lipinski definition) is 6. The predicted molar refractivity (Wildman–Crippen MR) is 105 cm³/mol. The van der Waals surface area contributed by atoms with Gasteiger partial charge in [-0.25, -0.2) is 4.79 Å². The molecule has 2 unspecified atom stereocenters. The van der Waals surface area contributed by atoms with Crippen molar-refractivity contribution in [2.75, 3.05) is 14.2 Å². The fourth-order valence-corrected chi connectivity index (χ4v) is 4.05. The number of Topliss-reactive ketones (excluding diaryl/α,β-unsaturated/α-hetero) is 1. The summed E-state index contributed by atoms with van der Waals surface area (Å²) in [7, 11) is 3.13. The number of rotatable bonds is 5. The van der Waals surface area contributed by atoms with E-state index in [1.54, 1.807) is 20.3 Å². The van der Waals surface area contributed by atoms with Gasteiger partial charge < -0.3 is 19.5 Å². The third-order valence-corrected chi connectivity index (χ3v) is 5.15. The first-order valence-corrected chi connectivity index (χ1v) is 9.51. The summed E-state index contributed by atoms with van der Waals surface area (Å²) in [6.07, 6.45) is 2.92. The van der Waals surface area contributed by atoms with Crippen LogP contribution in [0.3, 0.4) is 0 Å². The average Bonchev–Trinajstić information content (AvgIpc) is 2.65. The second-order valence-electron chi connectivity index (χ2n) is 7.32. The minimum absolute atomic E-state index is 0.0993. The number of methoxy groups -OCH3 is 2. The number of benzene rings is 1. The number of ether oxygens (including phenoxy) is 3. The Labute approximate surface area is 165 Å². The van der Waals surface area contributed by atoms with Crippen LogP contribution in [0, 0.1) is 5.92 Å². The fraction of sp³-hybridized carbons (Fsp3) is 0.455. The maximum absolute atomic E-state index is 13.0. The van der Waals surface area contributed by atoms with Crippen molar-refractivity contribution in [3.05, 3.63) is 46.8 Å². The minimum atomic E-state index is -0.503. The molecule has 3 rings (SSSR count). The summed E-state index contributed by atoms with van der Waals surface area (Å²) in [6, 6.07) is 5.52. The first kappa shape index (κ1) is 20.0. The second kappa shape index (κ2) is 8.09. The Morgan fingerprint density at radius 1 is 1.18 bits per heavy atom. The Bertz CT molecular complexity index is 852. The van der Waals surface area contributed by atoms with Gasteiger partial charge in [-0.3, -0.25) is 4.79 Å². The summed E-state index contributed by atoms with van der Waals surface area (Å²) in [5, 5.41) is 3.27.